The Kier molecular flexibility index (Phi) is 4.09. The second-order valence-corrected chi connectivity index (χ2v) is 4.24. The van der Waals surface area contributed by atoms with Crippen LogP contribution in [0.2, 0.25) is 0 Å². The number of aromatic nitrogens is 1. The molecular formula is C13H17NO3. The van der Waals surface area contributed by atoms with Gasteiger partial charge in [0.15, 0.2) is 0 Å². The number of hydrogen-bond donors (Lipinski definition) is 0. The van der Waals surface area contributed by atoms with Crippen LogP contribution in [0.1, 0.15) is 18.4 Å². The molecule has 1 aliphatic heterocycles. The number of pyridine rings is 1. The SMILES string of the molecule is COc1ccc(CC(=O)C2CCOCC2)cn1. The molecule has 1 aromatic heterocycles. The van der Waals surface area contributed by atoms with Crippen molar-refractivity contribution in [3.63, 3.8) is 0 Å². The predicted molar refractivity (Wildman–Crippen MR) is 63.0 cm³/mol. The fraction of sp³-hybridized carbons (Fsp3) is 0.538. The quantitative estimate of drug-likeness (QED) is 0.795. The molecular weight excluding hydrogens is 218 g/mol. The lowest BCUT2D eigenvalue weighted by molar-refractivity contribution is -0.125. The standard InChI is InChI=1S/C13H17NO3/c1-16-13-3-2-10(9-14-13)8-12(15)11-4-6-17-7-5-11/h2-3,9,11H,4-8H2,1H3. The van der Waals surface area contributed by atoms with Gasteiger partial charge in [-0.15, -0.1) is 0 Å². The van der Waals surface area contributed by atoms with Crippen molar-refractivity contribution >= 4 is 5.78 Å². The van der Waals surface area contributed by atoms with Crippen molar-refractivity contribution in [1.82, 2.24) is 4.98 Å². The summed E-state index contributed by atoms with van der Waals surface area (Å²) in [5, 5.41) is 0. The molecule has 0 amide bonds. The van der Waals surface area contributed by atoms with E-state index in [1.54, 1.807) is 19.4 Å². The topological polar surface area (TPSA) is 48.4 Å². The summed E-state index contributed by atoms with van der Waals surface area (Å²) in [4.78, 5) is 16.1. The molecule has 1 fully saturated rings. The van der Waals surface area contributed by atoms with Crippen LogP contribution < -0.4 is 4.74 Å². The number of rotatable bonds is 4. The van der Waals surface area contributed by atoms with Gasteiger partial charge < -0.3 is 9.47 Å². The van der Waals surface area contributed by atoms with Gasteiger partial charge in [-0.1, -0.05) is 6.07 Å². The molecule has 0 aromatic carbocycles. The van der Waals surface area contributed by atoms with Gasteiger partial charge in [0.1, 0.15) is 5.78 Å². The van der Waals surface area contributed by atoms with E-state index in [1.807, 2.05) is 6.07 Å². The lowest BCUT2D eigenvalue weighted by Gasteiger charge is -2.20. The monoisotopic (exact) mass is 235 g/mol. The number of nitrogens with zero attached hydrogens (tertiary/aromatic N) is 1. The van der Waals surface area contributed by atoms with Crippen LogP contribution in [0.5, 0.6) is 5.88 Å². The average molecular weight is 235 g/mol. The molecule has 0 atom stereocenters. The molecule has 2 heterocycles. The minimum absolute atomic E-state index is 0.158. The van der Waals surface area contributed by atoms with E-state index < -0.39 is 0 Å². The summed E-state index contributed by atoms with van der Waals surface area (Å²) in [7, 11) is 1.58. The zero-order valence-corrected chi connectivity index (χ0v) is 10.0. The largest absolute Gasteiger partial charge is 0.481 e. The summed E-state index contributed by atoms with van der Waals surface area (Å²) in [5.74, 6) is 1.03. The lowest BCUT2D eigenvalue weighted by Crippen LogP contribution is -2.24. The zero-order chi connectivity index (χ0) is 12.1. The van der Waals surface area contributed by atoms with Crippen molar-refractivity contribution in [1.29, 1.82) is 0 Å². The third-order valence-corrected chi connectivity index (χ3v) is 3.06. The molecule has 0 spiro atoms. The molecule has 1 aliphatic rings. The van der Waals surface area contributed by atoms with E-state index in [9.17, 15) is 4.79 Å². The Labute approximate surface area is 101 Å². The Morgan fingerprint density at radius 2 is 2.24 bits per heavy atom. The Morgan fingerprint density at radius 3 is 2.82 bits per heavy atom. The highest BCUT2D eigenvalue weighted by molar-refractivity contribution is 5.83. The van der Waals surface area contributed by atoms with Crippen molar-refractivity contribution < 1.29 is 14.3 Å². The van der Waals surface area contributed by atoms with Crippen molar-refractivity contribution in [3.05, 3.63) is 23.9 Å². The van der Waals surface area contributed by atoms with Gasteiger partial charge >= 0.3 is 0 Å². The van der Waals surface area contributed by atoms with Gasteiger partial charge in [0.05, 0.1) is 7.11 Å². The van der Waals surface area contributed by atoms with Crippen LogP contribution in [0, 0.1) is 5.92 Å². The number of carbonyl (C=O) groups excluding carboxylic acids is 1. The molecule has 17 heavy (non-hydrogen) atoms. The summed E-state index contributed by atoms with van der Waals surface area (Å²) >= 11 is 0. The number of ketones is 1. The number of hydrogen-bond acceptors (Lipinski definition) is 4. The fourth-order valence-corrected chi connectivity index (χ4v) is 2.00. The molecule has 0 N–H and O–H groups in total. The summed E-state index contributed by atoms with van der Waals surface area (Å²) in [6.45, 7) is 1.41. The molecule has 1 saturated heterocycles. The van der Waals surface area contributed by atoms with Gasteiger partial charge in [-0.3, -0.25) is 4.79 Å². The van der Waals surface area contributed by atoms with E-state index in [-0.39, 0.29) is 5.92 Å². The van der Waals surface area contributed by atoms with Crippen molar-refractivity contribution in [2.75, 3.05) is 20.3 Å². The van der Waals surface area contributed by atoms with Gasteiger partial charge in [0.2, 0.25) is 5.88 Å². The van der Waals surface area contributed by atoms with Gasteiger partial charge in [-0.25, -0.2) is 4.98 Å². The highest BCUT2D eigenvalue weighted by atomic mass is 16.5. The van der Waals surface area contributed by atoms with Crippen LogP contribution in [0.25, 0.3) is 0 Å². The predicted octanol–water partition coefficient (Wildman–Crippen LogP) is 1.63. The van der Waals surface area contributed by atoms with Gasteiger partial charge in [0, 0.05) is 37.8 Å². The Hall–Kier alpha value is -1.42. The minimum Gasteiger partial charge on any atom is -0.481 e. The van der Waals surface area contributed by atoms with Crippen LogP contribution in [0.15, 0.2) is 18.3 Å². The van der Waals surface area contributed by atoms with E-state index in [0.29, 0.717) is 31.3 Å². The summed E-state index contributed by atoms with van der Waals surface area (Å²) in [6, 6.07) is 3.68. The van der Waals surface area contributed by atoms with Gasteiger partial charge in [-0.2, -0.15) is 0 Å². The van der Waals surface area contributed by atoms with Crippen LogP contribution >= 0.6 is 0 Å². The number of methoxy groups -OCH3 is 1. The molecule has 0 unspecified atom stereocenters. The summed E-state index contributed by atoms with van der Waals surface area (Å²) in [5.41, 5.74) is 0.947. The van der Waals surface area contributed by atoms with Crippen LogP contribution in [0.3, 0.4) is 0 Å². The van der Waals surface area contributed by atoms with Gasteiger partial charge in [-0.05, 0) is 18.4 Å². The van der Waals surface area contributed by atoms with Crippen molar-refractivity contribution in [2.45, 2.75) is 19.3 Å². The maximum Gasteiger partial charge on any atom is 0.212 e. The molecule has 1 aromatic rings. The fourth-order valence-electron chi connectivity index (χ4n) is 2.00. The van der Waals surface area contributed by atoms with Crippen LogP contribution in [-0.2, 0) is 16.0 Å². The third kappa shape index (κ3) is 3.27. The van der Waals surface area contributed by atoms with Crippen LogP contribution in [0.4, 0.5) is 0 Å². The molecule has 4 heteroatoms. The molecule has 0 saturated carbocycles. The van der Waals surface area contributed by atoms with E-state index in [4.69, 9.17) is 9.47 Å². The average Bonchev–Trinajstić information content (AvgIpc) is 2.40. The second-order valence-electron chi connectivity index (χ2n) is 4.24. The maximum atomic E-state index is 12.0. The number of carbonyl (C=O) groups is 1. The summed E-state index contributed by atoms with van der Waals surface area (Å²) < 4.78 is 10.2. The first kappa shape index (κ1) is 12.0. The normalized spacial score (nSPS) is 16.8. The molecule has 92 valence electrons. The Bertz CT molecular complexity index is 369. The second kappa shape index (κ2) is 5.77. The number of ether oxygens (including phenoxy) is 2. The van der Waals surface area contributed by atoms with E-state index in [2.05, 4.69) is 4.98 Å². The van der Waals surface area contributed by atoms with Crippen LogP contribution in [-0.4, -0.2) is 31.1 Å². The first-order valence-corrected chi connectivity index (χ1v) is 5.89. The van der Waals surface area contributed by atoms with Crippen molar-refractivity contribution in [2.24, 2.45) is 5.92 Å². The zero-order valence-electron chi connectivity index (χ0n) is 10.0. The Balaban J connectivity index is 1.92. The first-order valence-electron chi connectivity index (χ1n) is 5.89. The molecule has 0 bridgehead atoms. The molecule has 2 rings (SSSR count). The maximum absolute atomic E-state index is 12.0. The lowest BCUT2D eigenvalue weighted by atomic mass is 9.92. The Morgan fingerprint density at radius 1 is 1.47 bits per heavy atom. The minimum atomic E-state index is 0.158. The smallest absolute Gasteiger partial charge is 0.212 e. The highest BCUT2D eigenvalue weighted by Gasteiger charge is 2.21. The molecule has 4 nitrogen and oxygen atoms in total. The van der Waals surface area contributed by atoms with Gasteiger partial charge in [0.25, 0.3) is 0 Å². The molecule has 0 aliphatic carbocycles. The summed E-state index contributed by atoms with van der Waals surface area (Å²) in [6.07, 6.45) is 3.86. The van der Waals surface area contributed by atoms with E-state index >= 15 is 0 Å². The van der Waals surface area contributed by atoms with E-state index in [0.717, 1.165) is 18.4 Å². The first-order chi connectivity index (χ1) is 8.29. The van der Waals surface area contributed by atoms with E-state index in [1.165, 1.54) is 0 Å². The highest BCUT2D eigenvalue weighted by Crippen LogP contribution is 2.18. The molecule has 0 radical (unpaired) electrons. The third-order valence-electron chi connectivity index (χ3n) is 3.06. The van der Waals surface area contributed by atoms with Crippen molar-refractivity contribution in [3.8, 4) is 5.88 Å². The number of Topliss-reactive ketones (excluding diaryl/α,β-unsaturated/α-hetero) is 1.